The number of rotatable bonds is 3. The van der Waals surface area contributed by atoms with Gasteiger partial charge >= 0.3 is 5.97 Å². The van der Waals surface area contributed by atoms with Crippen LogP contribution in [0.1, 0.15) is 23.5 Å². The van der Waals surface area contributed by atoms with Crippen molar-refractivity contribution >= 4 is 21.9 Å². The molecule has 1 aromatic rings. The summed E-state index contributed by atoms with van der Waals surface area (Å²) >= 11 is 3.10. The van der Waals surface area contributed by atoms with E-state index in [0.717, 1.165) is 0 Å². The van der Waals surface area contributed by atoms with Crippen LogP contribution in [-0.4, -0.2) is 32.3 Å². The lowest BCUT2D eigenvalue weighted by Gasteiger charge is -2.09. The molecule has 0 saturated heterocycles. The van der Waals surface area contributed by atoms with Crippen LogP contribution in [0.15, 0.2) is 10.9 Å². The minimum atomic E-state index is -1.08. The van der Waals surface area contributed by atoms with Crippen molar-refractivity contribution in [3.63, 3.8) is 0 Å². The summed E-state index contributed by atoms with van der Waals surface area (Å²) in [7, 11) is 0. The molecule has 0 aromatic carbocycles. The molecule has 0 spiro atoms. The lowest BCUT2D eigenvalue weighted by molar-refractivity contribution is 0.0690. The van der Waals surface area contributed by atoms with Gasteiger partial charge < -0.3 is 14.8 Å². The number of aliphatic hydroxyl groups is 1. The number of hydrogen-bond donors (Lipinski definition) is 2. The molecule has 6 heteroatoms. The van der Waals surface area contributed by atoms with Gasteiger partial charge in [0.2, 0.25) is 0 Å². The van der Waals surface area contributed by atoms with Gasteiger partial charge in [0.1, 0.15) is 0 Å². The number of aliphatic hydroxyl groups excluding tert-OH is 1. The normalized spacial score (nSPS) is 12.8. The summed E-state index contributed by atoms with van der Waals surface area (Å²) in [6.45, 7) is 1.70. The second-order valence-electron chi connectivity index (χ2n) is 2.64. The summed E-state index contributed by atoms with van der Waals surface area (Å²) in [5.74, 6) is -1.08. The van der Waals surface area contributed by atoms with E-state index >= 15 is 0 Å². The summed E-state index contributed by atoms with van der Waals surface area (Å²) in [4.78, 5) is 14.3. The first-order valence-electron chi connectivity index (χ1n) is 3.64. The van der Waals surface area contributed by atoms with E-state index < -0.39 is 5.97 Å². The van der Waals surface area contributed by atoms with Crippen LogP contribution in [0.25, 0.3) is 0 Å². The SMILES string of the molecule is C[C@H](CO)n1cc(C(=O)O)nc1Br. The Morgan fingerprint density at radius 1 is 1.85 bits per heavy atom. The van der Waals surface area contributed by atoms with E-state index in [1.165, 1.54) is 6.20 Å². The zero-order valence-electron chi connectivity index (χ0n) is 6.94. The third kappa shape index (κ3) is 2.07. The molecule has 5 nitrogen and oxygen atoms in total. The maximum atomic E-state index is 10.5. The smallest absolute Gasteiger partial charge is 0.356 e. The van der Waals surface area contributed by atoms with Crippen molar-refractivity contribution in [3.05, 3.63) is 16.6 Å². The number of aromatic carboxylic acids is 1. The first-order chi connectivity index (χ1) is 6.06. The highest BCUT2D eigenvalue weighted by molar-refractivity contribution is 9.10. The Morgan fingerprint density at radius 3 is 2.85 bits per heavy atom. The number of carboxylic acids is 1. The van der Waals surface area contributed by atoms with Crippen molar-refractivity contribution in [1.82, 2.24) is 9.55 Å². The molecule has 1 rings (SSSR count). The van der Waals surface area contributed by atoms with Gasteiger partial charge in [0.15, 0.2) is 10.4 Å². The van der Waals surface area contributed by atoms with Crippen molar-refractivity contribution in [2.75, 3.05) is 6.61 Å². The van der Waals surface area contributed by atoms with Gasteiger partial charge in [-0.2, -0.15) is 0 Å². The van der Waals surface area contributed by atoms with Crippen LogP contribution in [0.4, 0.5) is 0 Å². The molecule has 0 aliphatic carbocycles. The van der Waals surface area contributed by atoms with E-state index in [2.05, 4.69) is 20.9 Å². The largest absolute Gasteiger partial charge is 0.476 e. The molecule has 2 N–H and O–H groups in total. The fourth-order valence-electron chi connectivity index (χ4n) is 0.871. The number of aromatic nitrogens is 2. The van der Waals surface area contributed by atoms with Crippen LogP contribution in [0, 0.1) is 0 Å². The predicted molar refractivity (Wildman–Crippen MR) is 48.7 cm³/mol. The van der Waals surface area contributed by atoms with E-state index in [1.54, 1.807) is 11.5 Å². The third-order valence-electron chi connectivity index (χ3n) is 1.65. The number of halogens is 1. The minimum absolute atomic E-state index is 0.0350. The molecule has 0 radical (unpaired) electrons. The maximum absolute atomic E-state index is 10.5. The monoisotopic (exact) mass is 248 g/mol. The Hall–Kier alpha value is -0.880. The molecule has 1 atom stereocenters. The molecular weight excluding hydrogens is 240 g/mol. The molecule has 72 valence electrons. The Balaban J connectivity index is 3.02. The van der Waals surface area contributed by atoms with Gasteiger partial charge in [-0.25, -0.2) is 9.78 Å². The molecule has 0 amide bonds. The summed E-state index contributed by atoms with van der Waals surface area (Å²) < 4.78 is 1.97. The zero-order chi connectivity index (χ0) is 10.0. The van der Waals surface area contributed by atoms with E-state index in [-0.39, 0.29) is 18.3 Å². The van der Waals surface area contributed by atoms with Gasteiger partial charge in [-0.15, -0.1) is 0 Å². The molecule has 13 heavy (non-hydrogen) atoms. The molecule has 0 aliphatic rings. The van der Waals surface area contributed by atoms with Crippen molar-refractivity contribution in [2.45, 2.75) is 13.0 Å². The molecule has 0 unspecified atom stereocenters. The number of carbonyl (C=O) groups is 1. The van der Waals surface area contributed by atoms with E-state index in [1.807, 2.05) is 0 Å². The van der Waals surface area contributed by atoms with E-state index in [0.29, 0.717) is 4.73 Å². The second-order valence-corrected chi connectivity index (χ2v) is 3.35. The number of carboxylic acid groups (broad SMARTS) is 1. The summed E-state index contributed by atoms with van der Waals surface area (Å²) in [5.41, 5.74) is -0.0350. The molecule has 0 bridgehead atoms. The maximum Gasteiger partial charge on any atom is 0.356 e. The molecular formula is C7H9BrN2O3. The van der Waals surface area contributed by atoms with Crippen LogP contribution in [0.3, 0.4) is 0 Å². The average Bonchev–Trinajstić information content (AvgIpc) is 2.46. The molecule has 0 fully saturated rings. The third-order valence-corrected chi connectivity index (χ3v) is 2.23. The molecule has 1 aromatic heterocycles. The van der Waals surface area contributed by atoms with Crippen LogP contribution < -0.4 is 0 Å². The van der Waals surface area contributed by atoms with Gasteiger partial charge in [-0.05, 0) is 22.9 Å². The van der Waals surface area contributed by atoms with Gasteiger partial charge in [-0.1, -0.05) is 0 Å². The highest BCUT2D eigenvalue weighted by Gasteiger charge is 2.14. The summed E-state index contributed by atoms with van der Waals surface area (Å²) in [6.07, 6.45) is 1.38. The first-order valence-corrected chi connectivity index (χ1v) is 4.44. The van der Waals surface area contributed by atoms with Gasteiger partial charge in [0.25, 0.3) is 0 Å². The van der Waals surface area contributed by atoms with Crippen LogP contribution >= 0.6 is 15.9 Å². The topological polar surface area (TPSA) is 75.4 Å². The van der Waals surface area contributed by atoms with Gasteiger partial charge in [0, 0.05) is 6.20 Å². The van der Waals surface area contributed by atoms with Crippen molar-refractivity contribution in [2.24, 2.45) is 0 Å². The van der Waals surface area contributed by atoms with Crippen molar-refractivity contribution in [1.29, 1.82) is 0 Å². The van der Waals surface area contributed by atoms with Crippen LogP contribution in [-0.2, 0) is 0 Å². The standard InChI is InChI=1S/C7H9BrN2O3/c1-4(3-11)10-2-5(6(12)13)9-7(10)8/h2,4,11H,3H2,1H3,(H,12,13)/t4-/m1/s1. The number of nitrogens with zero attached hydrogens (tertiary/aromatic N) is 2. The molecule has 0 aliphatic heterocycles. The zero-order valence-corrected chi connectivity index (χ0v) is 8.52. The molecule has 0 saturated carbocycles. The van der Waals surface area contributed by atoms with Crippen LogP contribution in [0.2, 0.25) is 0 Å². The fourth-order valence-corrected chi connectivity index (χ4v) is 1.51. The molecule has 1 heterocycles. The Labute approximate surface area is 83.1 Å². The van der Waals surface area contributed by atoms with Crippen molar-refractivity contribution in [3.8, 4) is 0 Å². The van der Waals surface area contributed by atoms with Crippen molar-refractivity contribution < 1.29 is 15.0 Å². The predicted octanol–water partition coefficient (Wildman–Crippen LogP) is 0.897. The van der Waals surface area contributed by atoms with Gasteiger partial charge in [-0.3, -0.25) is 0 Å². The lowest BCUT2D eigenvalue weighted by Crippen LogP contribution is -2.08. The Bertz CT molecular complexity index is 324. The number of hydrogen-bond acceptors (Lipinski definition) is 3. The average molecular weight is 249 g/mol. The minimum Gasteiger partial charge on any atom is -0.476 e. The fraction of sp³-hybridized carbons (Fsp3) is 0.429. The van der Waals surface area contributed by atoms with Crippen LogP contribution in [0.5, 0.6) is 0 Å². The highest BCUT2D eigenvalue weighted by Crippen LogP contribution is 2.16. The summed E-state index contributed by atoms with van der Waals surface area (Å²) in [5, 5.41) is 17.5. The Kier molecular flexibility index (Phi) is 3.05. The lowest BCUT2D eigenvalue weighted by atomic mass is 10.3. The van der Waals surface area contributed by atoms with Gasteiger partial charge in [0.05, 0.1) is 12.6 Å². The quantitative estimate of drug-likeness (QED) is 0.834. The Morgan fingerprint density at radius 2 is 2.46 bits per heavy atom. The van der Waals surface area contributed by atoms with E-state index in [9.17, 15) is 4.79 Å². The number of imidazole rings is 1. The first kappa shape index (κ1) is 10.2. The van der Waals surface area contributed by atoms with E-state index in [4.69, 9.17) is 10.2 Å². The second kappa shape index (κ2) is 3.89. The summed E-state index contributed by atoms with van der Waals surface area (Å²) in [6, 6.07) is -0.185. The highest BCUT2D eigenvalue weighted by atomic mass is 79.9.